The van der Waals surface area contributed by atoms with Gasteiger partial charge in [0.15, 0.2) is 0 Å². The third-order valence-electron chi connectivity index (χ3n) is 5.84. The van der Waals surface area contributed by atoms with E-state index in [0.29, 0.717) is 18.0 Å². The molecule has 38 heavy (non-hydrogen) atoms. The predicted octanol–water partition coefficient (Wildman–Crippen LogP) is 4.22. The van der Waals surface area contributed by atoms with E-state index in [1.165, 1.54) is 17.0 Å². The molecule has 3 aromatic carbocycles. The molecule has 0 aromatic heterocycles. The smallest absolute Gasteiger partial charge is 0.264 e. The molecule has 1 N–H and O–H groups in total. The van der Waals surface area contributed by atoms with E-state index in [2.05, 4.69) is 5.32 Å². The molecule has 0 radical (unpaired) electrons. The molecule has 3 rings (SSSR count). The van der Waals surface area contributed by atoms with Crippen molar-refractivity contribution in [2.24, 2.45) is 0 Å². The number of anilines is 1. The Bertz CT molecular complexity index is 1300. The number of hydrogen-bond donors (Lipinski definition) is 1. The average Bonchev–Trinajstić information content (AvgIpc) is 2.91. The molecule has 0 heterocycles. The summed E-state index contributed by atoms with van der Waals surface area (Å²) in [7, 11) is -4.12. The predicted molar refractivity (Wildman–Crippen MR) is 148 cm³/mol. The number of carbonyl (C=O) groups excluding carboxylic acids is 2. The second-order valence-corrected chi connectivity index (χ2v) is 11.0. The lowest BCUT2D eigenvalue weighted by Gasteiger charge is -2.32. The fraction of sp³-hybridized carbons (Fsp3) is 0.310. The lowest BCUT2D eigenvalue weighted by molar-refractivity contribution is -0.139. The van der Waals surface area contributed by atoms with Crippen LogP contribution in [0, 0.1) is 0 Å². The van der Waals surface area contributed by atoms with E-state index in [-0.39, 0.29) is 23.4 Å². The second-order valence-electron chi connectivity index (χ2n) is 9.10. The van der Waals surface area contributed by atoms with E-state index in [0.717, 1.165) is 9.87 Å². The average molecular weight is 538 g/mol. The molecular formula is C29H35N3O5S. The molecule has 1 atom stereocenters. The van der Waals surface area contributed by atoms with E-state index >= 15 is 0 Å². The van der Waals surface area contributed by atoms with E-state index in [1.54, 1.807) is 49.4 Å². The molecule has 0 saturated carbocycles. The summed E-state index contributed by atoms with van der Waals surface area (Å²) < 4.78 is 34.1. The van der Waals surface area contributed by atoms with Crippen LogP contribution in [0.4, 0.5) is 5.69 Å². The molecule has 202 valence electrons. The summed E-state index contributed by atoms with van der Waals surface area (Å²) >= 11 is 0. The number of benzene rings is 3. The van der Waals surface area contributed by atoms with Crippen molar-refractivity contribution in [1.29, 1.82) is 0 Å². The summed E-state index contributed by atoms with van der Waals surface area (Å²) in [6.45, 7) is 7.30. The number of hydrogen-bond acceptors (Lipinski definition) is 5. The van der Waals surface area contributed by atoms with Crippen LogP contribution in [0.5, 0.6) is 5.75 Å². The highest BCUT2D eigenvalue weighted by Crippen LogP contribution is 2.26. The molecule has 0 spiro atoms. The molecule has 0 aliphatic rings. The zero-order valence-corrected chi connectivity index (χ0v) is 23.0. The summed E-state index contributed by atoms with van der Waals surface area (Å²) in [6.07, 6.45) is 0. The zero-order chi connectivity index (χ0) is 27.7. The highest BCUT2D eigenvalue weighted by molar-refractivity contribution is 7.92. The first-order valence-corrected chi connectivity index (χ1v) is 14.0. The van der Waals surface area contributed by atoms with Gasteiger partial charge in [-0.2, -0.15) is 0 Å². The standard InChI is InChI=1S/C29H35N3O5S/c1-5-37-26-16-18-27(19-17-26)38(35,36)32(25-14-10-7-11-15-25)21-28(33)31(20-24-12-8-6-9-13-24)23(4)29(34)30-22(2)3/h6-19,22-23H,5,20-21H2,1-4H3,(H,30,34)/t23-/m0/s1. The third-order valence-corrected chi connectivity index (χ3v) is 7.63. The topological polar surface area (TPSA) is 96.0 Å². The van der Waals surface area contributed by atoms with Crippen molar-refractivity contribution >= 4 is 27.5 Å². The third kappa shape index (κ3) is 7.35. The monoisotopic (exact) mass is 537 g/mol. The van der Waals surface area contributed by atoms with Crippen molar-refractivity contribution in [3.05, 3.63) is 90.5 Å². The van der Waals surface area contributed by atoms with Crippen molar-refractivity contribution in [1.82, 2.24) is 10.2 Å². The summed E-state index contributed by atoms with van der Waals surface area (Å²) in [5.41, 5.74) is 1.17. The van der Waals surface area contributed by atoms with Gasteiger partial charge in [-0.3, -0.25) is 13.9 Å². The van der Waals surface area contributed by atoms with E-state index in [1.807, 2.05) is 51.1 Å². The number of amides is 2. The maximum Gasteiger partial charge on any atom is 0.264 e. The minimum Gasteiger partial charge on any atom is -0.494 e. The van der Waals surface area contributed by atoms with Gasteiger partial charge in [0.25, 0.3) is 10.0 Å². The number of para-hydroxylation sites is 1. The van der Waals surface area contributed by atoms with E-state index in [4.69, 9.17) is 4.74 Å². The molecule has 2 amide bonds. The van der Waals surface area contributed by atoms with Crippen molar-refractivity contribution in [2.75, 3.05) is 17.5 Å². The van der Waals surface area contributed by atoms with Crippen LogP contribution in [0.2, 0.25) is 0 Å². The Balaban J connectivity index is 1.98. The Morgan fingerprint density at radius 1 is 0.868 bits per heavy atom. The highest BCUT2D eigenvalue weighted by atomic mass is 32.2. The fourth-order valence-electron chi connectivity index (χ4n) is 3.89. The molecular weight excluding hydrogens is 502 g/mol. The lowest BCUT2D eigenvalue weighted by atomic mass is 10.1. The van der Waals surface area contributed by atoms with Gasteiger partial charge >= 0.3 is 0 Å². The molecule has 0 aliphatic heterocycles. The van der Waals surface area contributed by atoms with Gasteiger partial charge in [0.05, 0.1) is 17.2 Å². The Labute approximate surface area is 225 Å². The Kier molecular flexibility index (Phi) is 9.90. The van der Waals surface area contributed by atoms with Gasteiger partial charge in [0.2, 0.25) is 11.8 Å². The minimum atomic E-state index is -4.12. The van der Waals surface area contributed by atoms with Crippen LogP contribution >= 0.6 is 0 Å². The van der Waals surface area contributed by atoms with Gasteiger partial charge in [-0.25, -0.2) is 8.42 Å². The summed E-state index contributed by atoms with van der Waals surface area (Å²) in [4.78, 5) is 28.1. The zero-order valence-electron chi connectivity index (χ0n) is 22.2. The first-order chi connectivity index (χ1) is 18.1. The van der Waals surface area contributed by atoms with Gasteiger partial charge in [-0.1, -0.05) is 48.5 Å². The maximum atomic E-state index is 13.8. The number of ether oxygens (including phenoxy) is 1. The van der Waals surface area contributed by atoms with Gasteiger partial charge in [-0.15, -0.1) is 0 Å². The van der Waals surface area contributed by atoms with E-state index < -0.39 is 28.5 Å². The van der Waals surface area contributed by atoms with Crippen molar-refractivity contribution in [3.63, 3.8) is 0 Å². The van der Waals surface area contributed by atoms with Gasteiger partial charge < -0.3 is 15.0 Å². The molecule has 0 unspecified atom stereocenters. The van der Waals surface area contributed by atoms with Crippen LogP contribution in [-0.4, -0.2) is 50.4 Å². The Hall–Kier alpha value is -3.85. The summed E-state index contributed by atoms with van der Waals surface area (Å²) in [5, 5.41) is 2.84. The quantitative estimate of drug-likeness (QED) is 0.373. The van der Waals surface area contributed by atoms with Crippen LogP contribution < -0.4 is 14.4 Å². The van der Waals surface area contributed by atoms with Gasteiger partial charge in [0, 0.05) is 12.6 Å². The number of nitrogens with zero attached hydrogens (tertiary/aromatic N) is 2. The number of sulfonamides is 1. The largest absolute Gasteiger partial charge is 0.494 e. The van der Waals surface area contributed by atoms with Crippen molar-refractivity contribution in [2.45, 2.75) is 51.2 Å². The lowest BCUT2D eigenvalue weighted by Crippen LogP contribution is -2.52. The Morgan fingerprint density at radius 2 is 1.45 bits per heavy atom. The van der Waals surface area contributed by atoms with Gasteiger partial charge in [-0.05, 0) is 69.7 Å². The van der Waals surface area contributed by atoms with Crippen LogP contribution in [0.25, 0.3) is 0 Å². The first kappa shape index (κ1) is 28.7. The Morgan fingerprint density at radius 3 is 2.00 bits per heavy atom. The van der Waals surface area contributed by atoms with Crippen LogP contribution in [0.1, 0.15) is 33.3 Å². The molecule has 0 fully saturated rings. The fourth-order valence-corrected chi connectivity index (χ4v) is 5.31. The van der Waals surface area contributed by atoms with Crippen molar-refractivity contribution < 1.29 is 22.7 Å². The van der Waals surface area contributed by atoms with Crippen molar-refractivity contribution in [3.8, 4) is 5.75 Å². The van der Waals surface area contributed by atoms with Crippen LogP contribution in [-0.2, 0) is 26.2 Å². The number of carbonyl (C=O) groups is 2. The molecule has 0 aliphatic carbocycles. The molecule has 0 bridgehead atoms. The summed E-state index contributed by atoms with van der Waals surface area (Å²) in [6, 6.07) is 22.9. The molecule has 0 saturated heterocycles. The number of nitrogens with one attached hydrogen (secondary N) is 1. The molecule has 9 heteroatoms. The maximum absolute atomic E-state index is 13.8. The minimum absolute atomic E-state index is 0.0258. The van der Waals surface area contributed by atoms with Crippen LogP contribution in [0.15, 0.2) is 89.8 Å². The second kappa shape index (κ2) is 13.1. The number of rotatable bonds is 12. The van der Waals surface area contributed by atoms with Gasteiger partial charge in [0.1, 0.15) is 18.3 Å². The molecule has 8 nitrogen and oxygen atoms in total. The highest BCUT2D eigenvalue weighted by Gasteiger charge is 2.32. The van der Waals surface area contributed by atoms with Crippen LogP contribution in [0.3, 0.4) is 0 Å². The normalized spacial score (nSPS) is 12.0. The molecule has 3 aromatic rings. The SMILES string of the molecule is CCOc1ccc(S(=O)(=O)N(CC(=O)N(Cc2ccccc2)[C@@H](C)C(=O)NC(C)C)c2ccccc2)cc1. The first-order valence-electron chi connectivity index (χ1n) is 12.6. The van der Waals surface area contributed by atoms with E-state index in [9.17, 15) is 18.0 Å². The summed E-state index contributed by atoms with van der Waals surface area (Å²) in [5.74, 6) is -0.267.